The molecule has 3 aromatic rings. The minimum absolute atomic E-state index is 0.112. The van der Waals surface area contributed by atoms with Crippen molar-refractivity contribution in [2.75, 3.05) is 64.9 Å². The molecule has 1 atom stereocenters. The Bertz CT molecular complexity index is 1990. The number of nitrogens with one attached hydrogen (secondary N) is 1. The minimum atomic E-state index is -0.588. The lowest BCUT2D eigenvalue weighted by Crippen LogP contribution is -2.52. The second-order valence-electron chi connectivity index (χ2n) is 15.7. The third kappa shape index (κ3) is 7.01. The normalized spacial score (nSPS) is 21.0. The number of ether oxygens (including phenoxy) is 2. The molecule has 3 fully saturated rings. The summed E-state index contributed by atoms with van der Waals surface area (Å²) in [4.78, 5) is 59.2. The molecule has 3 amide bonds. The van der Waals surface area contributed by atoms with Gasteiger partial charge in [0.05, 0.1) is 19.8 Å². The third-order valence-corrected chi connectivity index (χ3v) is 12.6. The molecule has 0 radical (unpaired) electrons. The molecule has 1 aromatic heterocycles. The lowest BCUT2D eigenvalue weighted by atomic mass is 9.92. The lowest BCUT2D eigenvalue weighted by molar-refractivity contribution is -0.136. The van der Waals surface area contributed by atoms with Crippen molar-refractivity contribution in [1.29, 1.82) is 0 Å². The Morgan fingerprint density at radius 1 is 0.796 bits per heavy atom. The van der Waals surface area contributed by atoms with Gasteiger partial charge in [-0.1, -0.05) is 6.07 Å². The predicted octanol–water partition coefficient (Wildman–Crippen LogP) is 3.74. The van der Waals surface area contributed by atoms with E-state index in [2.05, 4.69) is 38.2 Å². The maximum atomic E-state index is 13.3. The average molecular weight is 737 g/mol. The van der Waals surface area contributed by atoms with Crippen molar-refractivity contribution in [3.05, 3.63) is 74.7 Å². The number of methoxy groups -OCH3 is 2. The first-order valence-electron chi connectivity index (χ1n) is 19.6. The molecule has 1 N–H and O–H groups in total. The molecule has 3 saturated heterocycles. The number of carbonyl (C=O) groups excluding carboxylic acids is 3. The maximum absolute atomic E-state index is 13.3. The monoisotopic (exact) mass is 736 g/mol. The standard InChI is InChI=1S/C42H52N6O6/c1-44-25-34(31-5-4-6-32(31)41(44)51)29-21-37(53-2)35(38(22-29)54-3)26-46-19-17-45(18-20-46)14-11-27-12-15-47(16-13-27)30-8-7-28-24-48(42(52)33(28)23-30)36-9-10-39(49)43-40(36)50/h7-8,21-23,25,27,36H,4-6,9-20,24,26H2,1-3H3,(H,43,49,50). The van der Waals surface area contributed by atoms with Gasteiger partial charge in [0, 0.05) is 94.4 Å². The fourth-order valence-electron chi connectivity index (χ4n) is 9.34. The van der Waals surface area contributed by atoms with Crippen LogP contribution < -0.4 is 25.2 Å². The number of carbonyl (C=O) groups is 3. The van der Waals surface area contributed by atoms with E-state index in [1.807, 2.05) is 25.4 Å². The quantitative estimate of drug-likeness (QED) is 0.311. The van der Waals surface area contributed by atoms with E-state index in [-0.39, 0.29) is 29.7 Å². The number of imide groups is 1. The van der Waals surface area contributed by atoms with Gasteiger partial charge in [-0.15, -0.1) is 0 Å². The van der Waals surface area contributed by atoms with Crippen molar-refractivity contribution in [3.8, 4) is 22.6 Å². The number of anilines is 1. The number of hydrogen-bond acceptors (Lipinski definition) is 9. The zero-order valence-corrected chi connectivity index (χ0v) is 31.8. The number of aromatic nitrogens is 1. The van der Waals surface area contributed by atoms with Crippen LogP contribution in [0.15, 0.2) is 41.3 Å². The molecule has 2 aromatic carbocycles. The first-order chi connectivity index (χ1) is 26.2. The second-order valence-corrected chi connectivity index (χ2v) is 15.7. The highest BCUT2D eigenvalue weighted by Gasteiger charge is 2.39. The number of fused-ring (bicyclic) bond motifs is 2. The maximum Gasteiger partial charge on any atom is 0.255 e. The summed E-state index contributed by atoms with van der Waals surface area (Å²) in [6.45, 7) is 8.24. The highest BCUT2D eigenvalue weighted by Crippen LogP contribution is 2.39. The van der Waals surface area contributed by atoms with E-state index < -0.39 is 6.04 Å². The smallest absolute Gasteiger partial charge is 0.255 e. The summed E-state index contributed by atoms with van der Waals surface area (Å²) >= 11 is 0. The van der Waals surface area contributed by atoms with Crippen molar-refractivity contribution in [3.63, 3.8) is 0 Å². The number of nitrogens with zero attached hydrogens (tertiary/aromatic N) is 5. The molecular formula is C42H52N6O6. The van der Waals surface area contributed by atoms with Crippen LogP contribution in [-0.2, 0) is 42.6 Å². The van der Waals surface area contributed by atoms with E-state index in [4.69, 9.17) is 9.47 Å². The van der Waals surface area contributed by atoms with Crippen LogP contribution in [0.4, 0.5) is 5.69 Å². The number of pyridine rings is 1. The van der Waals surface area contributed by atoms with Crippen molar-refractivity contribution in [2.24, 2.45) is 13.0 Å². The molecule has 0 spiro atoms. The van der Waals surface area contributed by atoms with Crippen molar-refractivity contribution in [1.82, 2.24) is 24.6 Å². The Hall–Kier alpha value is -4.68. The SMILES string of the molecule is COc1cc(-c2cn(C)c(=O)c3c2CCC3)cc(OC)c1CN1CCN(CCC2CCN(c3ccc4c(c3)C(=O)N(C3CCC(=O)NC3=O)C4)CC2)CC1. The summed E-state index contributed by atoms with van der Waals surface area (Å²) in [6, 6.07) is 9.77. The zero-order valence-electron chi connectivity index (χ0n) is 31.8. The molecule has 8 rings (SSSR count). The number of aryl methyl sites for hydroxylation is 1. The molecule has 286 valence electrons. The van der Waals surface area contributed by atoms with E-state index in [1.54, 1.807) is 23.7 Å². The molecular weight excluding hydrogens is 684 g/mol. The fraction of sp³-hybridized carbons (Fsp3) is 0.524. The van der Waals surface area contributed by atoms with Crippen LogP contribution in [0.2, 0.25) is 0 Å². The van der Waals surface area contributed by atoms with Gasteiger partial charge in [-0.2, -0.15) is 0 Å². The van der Waals surface area contributed by atoms with Gasteiger partial charge < -0.3 is 28.7 Å². The number of piperidine rings is 2. The summed E-state index contributed by atoms with van der Waals surface area (Å²) in [7, 11) is 5.28. The summed E-state index contributed by atoms with van der Waals surface area (Å²) < 4.78 is 13.6. The predicted molar refractivity (Wildman–Crippen MR) is 206 cm³/mol. The Morgan fingerprint density at radius 3 is 2.20 bits per heavy atom. The Balaban J connectivity index is 0.819. The summed E-state index contributed by atoms with van der Waals surface area (Å²) in [5, 5.41) is 2.38. The van der Waals surface area contributed by atoms with E-state index in [0.29, 0.717) is 24.4 Å². The topological polar surface area (TPSA) is 117 Å². The summed E-state index contributed by atoms with van der Waals surface area (Å²) in [5.41, 5.74) is 8.08. The van der Waals surface area contributed by atoms with Crippen LogP contribution in [0.25, 0.3) is 11.1 Å². The molecule has 12 nitrogen and oxygen atoms in total. The van der Waals surface area contributed by atoms with E-state index in [0.717, 1.165) is 135 Å². The first kappa shape index (κ1) is 36.3. The van der Waals surface area contributed by atoms with Gasteiger partial charge in [0.1, 0.15) is 17.5 Å². The van der Waals surface area contributed by atoms with Gasteiger partial charge in [-0.25, -0.2) is 0 Å². The number of rotatable bonds is 10. The molecule has 0 saturated carbocycles. The van der Waals surface area contributed by atoms with Gasteiger partial charge in [0.25, 0.3) is 11.5 Å². The van der Waals surface area contributed by atoms with Crippen LogP contribution in [0.5, 0.6) is 11.5 Å². The van der Waals surface area contributed by atoms with Crippen molar-refractivity contribution >= 4 is 23.4 Å². The molecule has 12 heteroatoms. The highest BCUT2D eigenvalue weighted by atomic mass is 16.5. The highest BCUT2D eigenvalue weighted by molar-refractivity contribution is 6.05. The Morgan fingerprint density at radius 2 is 1.50 bits per heavy atom. The molecule has 54 heavy (non-hydrogen) atoms. The fourth-order valence-corrected chi connectivity index (χ4v) is 9.34. The summed E-state index contributed by atoms with van der Waals surface area (Å²) in [5.74, 6) is 1.56. The van der Waals surface area contributed by atoms with Crippen LogP contribution in [-0.4, -0.2) is 103 Å². The number of amides is 3. The van der Waals surface area contributed by atoms with Gasteiger partial charge in [-0.05, 0) is 98.4 Å². The third-order valence-electron chi connectivity index (χ3n) is 12.6. The second kappa shape index (κ2) is 15.2. The largest absolute Gasteiger partial charge is 0.496 e. The Kier molecular flexibility index (Phi) is 10.2. The molecule has 1 aliphatic carbocycles. The van der Waals surface area contributed by atoms with Crippen molar-refractivity contribution in [2.45, 2.75) is 70.5 Å². The van der Waals surface area contributed by atoms with E-state index in [1.165, 1.54) is 6.42 Å². The van der Waals surface area contributed by atoms with Crippen molar-refractivity contribution < 1.29 is 23.9 Å². The number of piperazine rings is 1. The van der Waals surface area contributed by atoms with Crippen LogP contribution >= 0.6 is 0 Å². The molecule has 4 aliphatic heterocycles. The Labute approximate surface area is 317 Å². The van der Waals surface area contributed by atoms with E-state index in [9.17, 15) is 19.2 Å². The number of benzene rings is 2. The molecule has 0 bridgehead atoms. The van der Waals surface area contributed by atoms with Gasteiger partial charge in [0.2, 0.25) is 11.8 Å². The molecule has 1 unspecified atom stereocenters. The molecule has 5 aliphatic rings. The van der Waals surface area contributed by atoms with Crippen LogP contribution in [0.1, 0.15) is 71.1 Å². The van der Waals surface area contributed by atoms with Gasteiger partial charge in [0.15, 0.2) is 0 Å². The van der Waals surface area contributed by atoms with Gasteiger partial charge in [-0.3, -0.25) is 29.4 Å². The minimum Gasteiger partial charge on any atom is -0.496 e. The van der Waals surface area contributed by atoms with E-state index >= 15 is 0 Å². The zero-order chi connectivity index (χ0) is 37.5. The van der Waals surface area contributed by atoms with Gasteiger partial charge >= 0.3 is 0 Å². The van der Waals surface area contributed by atoms with Crippen LogP contribution in [0.3, 0.4) is 0 Å². The number of hydrogen-bond donors (Lipinski definition) is 1. The van der Waals surface area contributed by atoms with Crippen LogP contribution in [0, 0.1) is 5.92 Å². The molecule has 5 heterocycles. The average Bonchev–Trinajstić information content (AvgIpc) is 3.81. The lowest BCUT2D eigenvalue weighted by Gasteiger charge is -2.37. The summed E-state index contributed by atoms with van der Waals surface area (Å²) in [6.07, 6.45) is 8.82. The first-order valence-corrected chi connectivity index (χ1v) is 19.6.